The molecule has 3 aromatic rings. The Labute approximate surface area is 129 Å². The lowest BCUT2D eigenvalue weighted by Crippen LogP contribution is -1.94. The molecule has 106 valence electrons. The summed E-state index contributed by atoms with van der Waals surface area (Å²) in [4.78, 5) is 9.16. The number of rotatable bonds is 2. The fourth-order valence-electron chi connectivity index (χ4n) is 2.61. The highest BCUT2D eigenvalue weighted by molar-refractivity contribution is 6.34. The highest BCUT2D eigenvalue weighted by atomic mass is 35.5. The van der Waals surface area contributed by atoms with Crippen LogP contribution in [0.5, 0.6) is 0 Å². The van der Waals surface area contributed by atoms with Gasteiger partial charge >= 0.3 is 0 Å². The molecule has 0 atom stereocenters. The molecule has 1 aromatic heterocycles. The van der Waals surface area contributed by atoms with Crippen LogP contribution >= 0.6 is 11.6 Å². The lowest BCUT2D eigenvalue weighted by molar-refractivity contribution is 1.14. The SMILES string of the molecule is CCc1ccc(-c2nc(Cl)c3c(C)cc(C)cc3n2)cc1. The molecule has 0 aliphatic carbocycles. The standard InChI is InChI=1S/C18H17ClN2/c1-4-13-5-7-14(8-6-13)18-20-15-10-11(2)9-12(3)16(15)17(19)21-18/h5-10H,4H2,1-3H3. The van der Waals surface area contributed by atoms with Crippen molar-refractivity contribution in [1.82, 2.24) is 9.97 Å². The zero-order valence-corrected chi connectivity index (χ0v) is 13.2. The molecule has 0 saturated carbocycles. The third-order valence-electron chi connectivity index (χ3n) is 3.72. The molecule has 2 nitrogen and oxygen atoms in total. The van der Waals surface area contributed by atoms with Crippen LogP contribution in [0.25, 0.3) is 22.3 Å². The summed E-state index contributed by atoms with van der Waals surface area (Å²) in [6.45, 7) is 6.25. The Morgan fingerprint density at radius 2 is 1.71 bits per heavy atom. The van der Waals surface area contributed by atoms with Crippen LogP contribution in [0.3, 0.4) is 0 Å². The second kappa shape index (κ2) is 5.45. The van der Waals surface area contributed by atoms with Crippen LogP contribution in [0.4, 0.5) is 0 Å². The molecule has 0 N–H and O–H groups in total. The number of hydrogen-bond donors (Lipinski definition) is 0. The maximum Gasteiger partial charge on any atom is 0.161 e. The first kappa shape index (κ1) is 14.0. The molecule has 0 aliphatic heterocycles. The van der Waals surface area contributed by atoms with Crippen molar-refractivity contribution in [2.45, 2.75) is 27.2 Å². The Hall–Kier alpha value is -1.93. The van der Waals surface area contributed by atoms with Gasteiger partial charge in [0.2, 0.25) is 0 Å². The number of aryl methyl sites for hydroxylation is 3. The third kappa shape index (κ3) is 2.64. The summed E-state index contributed by atoms with van der Waals surface area (Å²) in [5.41, 5.74) is 5.50. The van der Waals surface area contributed by atoms with Crippen molar-refractivity contribution in [2.75, 3.05) is 0 Å². The van der Waals surface area contributed by atoms with Crippen molar-refractivity contribution in [3.8, 4) is 11.4 Å². The minimum atomic E-state index is 0.520. The van der Waals surface area contributed by atoms with Gasteiger partial charge in [-0.25, -0.2) is 9.97 Å². The van der Waals surface area contributed by atoms with Gasteiger partial charge in [0.25, 0.3) is 0 Å². The van der Waals surface area contributed by atoms with Crippen LogP contribution in [0.2, 0.25) is 5.15 Å². The maximum absolute atomic E-state index is 6.38. The molecule has 0 bridgehead atoms. The van der Waals surface area contributed by atoms with Crippen molar-refractivity contribution < 1.29 is 0 Å². The summed E-state index contributed by atoms with van der Waals surface area (Å²) < 4.78 is 0. The van der Waals surface area contributed by atoms with Gasteiger partial charge in [0.1, 0.15) is 5.15 Å². The fraction of sp³-hybridized carbons (Fsp3) is 0.222. The minimum absolute atomic E-state index is 0.520. The van der Waals surface area contributed by atoms with Gasteiger partial charge in [-0.15, -0.1) is 0 Å². The summed E-state index contributed by atoms with van der Waals surface area (Å²) in [6, 6.07) is 12.5. The molecule has 2 aromatic carbocycles. The first-order chi connectivity index (χ1) is 10.1. The van der Waals surface area contributed by atoms with Gasteiger partial charge in [0, 0.05) is 10.9 Å². The van der Waals surface area contributed by atoms with E-state index in [-0.39, 0.29) is 0 Å². The summed E-state index contributed by atoms with van der Waals surface area (Å²) >= 11 is 6.38. The van der Waals surface area contributed by atoms with Crippen molar-refractivity contribution in [1.29, 1.82) is 0 Å². The summed E-state index contributed by atoms with van der Waals surface area (Å²) in [6.07, 6.45) is 1.03. The van der Waals surface area contributed by atoms with Crippen LogP contribution < -0.4 is 0 Å². The quantitative estimate of drug-likeness (QED) is 0.613. The van der Waals surface area contributed by atoms with Gasteiger partial charge in [-0.3, -0.25) is 0 Å². The number of fused-ring (bicyclic) bond motifs is 1. The second-order valence-corrected chi connectivity index (χ2v) is 5.72. The monoisotopic (exact) mass is 296 g/mol. The average molecular weight is 297 g/mol. The third-order valence-corrected chi connectivity index (χ3v) is 3.99. The number of aromatic nitrogens is 2. The van der Waals surface area contributed by atoms with Crippen LogP contribution in [-0.4, -0.2) is 9.97 Å². The fourth-order valence-corrected chi connectivity index (χ4v) is 2.93. The minimum Gasteiger partial charge on any atom is -0.228 e. The largest absolute Gasteiger partial charge is 0.228 e. The Morgan fingerprint density at radius 1 is 1.00 bits per heavy atom. The molecule has 1 heterocycles. The van der Waals surface area contributed by atoms with Crippen LogP contribution in [-0.2, 0) is 6.42 Å². The molecule has 3 rings (SSSR count). The Bertz CT molecular complexity index is 808. The van der Waals surface area contributed by atoms with E-state index in [2.05, 4.69) is 60.2 Å². The maximum atomic E-state index is 6.38. The molecule has 0 fully saturated rings. The van der Waals surface area contributed by atoms with Gasteiger partial charge in [-0.2, -0.15) is 0 Å². The highest BCUT2D eigenvalue weighted by Crippen LogP contribution is 2.28. The molecule has 0 radical (unpaired) electrons. The van der Waals surface area contributed by atoms with E-state index in [4.69, 9.17) is 11.6 Å². The Kier molecular flexibility index (Phi) is 3.64. The second-order valence-electron chi connectivity index (χ2n) is 5.36. The predicted octanol–water partition coefficient (Wildman–Crippen LogP) is 5.13. The van der Waals surface area contributed by atoms with Crippen LogP contribution in [0.1, 0.15) is 23.6 Å². The molecule has 3 heteroatoms. The Balaban J connectivity index is 2.19. The zero-order valence-electron chi connectivity index (χ0n) is 12.4. The van der Waals surface area contributed by atoms with E-state index in [0.717, 1.165) is 28.5 Å². The predicted molar refractivity (Wildman–Crippen MR) is 88.8 cm³/mol. The number of benzene rings is 2. The van der Waals surface area contributed by atoms with E-state index in [1.54, 1.807) is 0 Å². The lowest BCUT2D eigenvalue weighted by atomic mass is 10.1. The van der Waals surface area contributed by atoms with Gasteiger partial charge in [0.15, 0.2) is 5.82 Å². The average Bonchev–Trinajstić information content (AvgIpc) is 2.46. The van der Waals surface area contributed by atoms with E-state index in [9.17, 15) is 0 Å². The smallest absolute Gasteiger partial charge is 0.161 e. The molecule has 21 heavy (non-hydrogen) atoms. The van der Waals surface area contributed by atoms with E-state index >= 15 is 0 Å². The normalized spacial score (nSPS) is 11.0. The Morgan fingerprint density at radius 3 is 2.38 bits per heavy atom. The molecule has 0 spiro atoms. The first-order valence-corrected chi connectivity index (χ1v) is 7.50. The summed E-state index contributed by atoms with van der Waals surface area (Å²) in [5.74, 6) is 0.681. The molecule has 0 unspecified atom stereocenters. The molecular formula is C18H17ClN2. The van der Waals surface area contributed by atoms with Crippen molar-refractivity contribution in [3.05, 3.63) is 58.2 Å². The summed E-state index contributed by atoms with van der Waals surface area (Å²) in [5, 5.41) is 1.46. The molecular weight excluding hydrogens is 280 g/mol. The van der Waals surface area contributed by atoms with E-state index < -0.39 is 0 Å². The van der Waals surface area contributed by atoms with Gasteiger partial charge in [-0.1, -0.05) is 48.9 Å². The van der Waals surface area contributed by atoms with Gasteiger partial charge < -0.3 is 0 Å². The molecule has 0 saturated heterocycles. The molecule has 0 amide bonds. The first-order valence-electron chi connectivity index (χ1n) is 7.12. The van der Waals surface area contributed by atoms with E-state index in [0.29, 0.717) is 11.0 Å². The van der Waals surface area contributed by atoms with Crippen molar-refractivity contribution in [2.24, 2.45) is 0 Å². The van der Waals surface area contributed by atoms with Gasteiger partial charge in [-0.05, 0) is 43.0 Å². The van der Waals surface area contributed by atoms with E-state index in [1.807, 2.05) is 6.92 Å². The number of nitrogens with zero attached hydrogens (tertiary/aromatic N) is 2. The zero-order chi connectivity index (χ0) is 15.0. The molecule has 0 aliphatic rings. The van der Waals surface area contributed by atoms with Crippen LogP contribution in [0.15, 0.2) is 36.4 Å². The van der Waals surface area contributed by atoms with E-state index in [1.165, 1.54) is 11.1 Å². The number of halogens is 1. The van der Waals surface area contributed by atoms with Gasteiger partial charge in [0.05, 0.1) is 5.52 Å². The highest BCUT2D eigenvalue weighted by Gasteiger charge is 2.10. The van der Waals surface area contributed by atoms with Crippen LogP contribution in [0, 0.1) is 13.8 Å². The van der Waals surface area contributed by atoms with Crippen molar-refractivity contribution >= 4 is 22.5 Å². The topological polar surface area (TPSA) is 25.8 Å². The number of hydrogen-bond acceptors (Lipinski definition) is 2. The lowest BCUT2D eigenvalue weighted by Gasteiger charge is -2.08. The summed E-state index contributed by atoms with van der Waals surface area (Å²) in [7, 11) is 0. The van der Waals surface area contributed by atoms with Crippen molar-refractivity contribution in [3.63, 3.8) is 0 Å².